The molecule has 1 unspecified atom stereocenters. The minimum absolute atomic E-state index is 0.00825. The van der Waals surface area contributed by atoms with Crippen molar-refractivity contribution in [2.75, 3.05) is 40.2 Å². The molecule has 1 atom stereocenters. The maximum atomic E-state index is 12.7. The zero-order chi connectivity index (χ0) is 20.3. The van der Waals surface area contributed by atoms with Crippen molar-refractivity contribution >= 4 is 28.8 Å². The molecule has 0 spiro atoms. The van der Waals surface area contributed by atoms with Crippen LogP contribution in [0.1, 0.15) is 18.4 Å². The monoisotopic (exact) mass is 408 g/mol. The van der Waals surface area contributed by atoms with Crippen molar-refractivity contribution in [3.8, 4) is 17.2 Å². The average Bonchev–Trinajstić information content (AvgIpc) is 3.31. The van der Waals surface area contributed by atoms with Crippen molar-refractivity contribution in [2.45, 2.75) is 25.3 Å². The highest BCUT2D eigenvalue weighted by Gasteiger charge is 2.40. The molecule has 28 heavy (non-hydrogen) atoms. The first-order valence-corrected chi connectivity index (χ1v) is 10.0. The van der Waals surface area contributed by atoms with Gasteiger partial charge in [-0.2, -0.15) is 0 Å². The lowest BCUT2D eigenvalue weighted by Gasteiger charge is -2.22. The van der Waals surface area contributed by atoms with Crippen molar-refractivity contribution in [1.82, 2.24) is 9.80 Å². The number of imide groups is 1. The third-order valence-corrected chi connectivity index (χ3v) is 5.89. The van der Waals surface area contributed by atoms with Crippen LogP contribution < -0.4 is 14.2 Å². The normalized spacial score (nSPS) is 19.3. The van der Waals surface area contributed by atoms with Crippen LogP contribution in [-0.2, 0) is 16.0 Å². The minimum Gasteiger partial charge on any atom is -0.493 e. The van der Waals surface area contributed by atoms with E-state index >= 15 is 0 Å². The van der Waals surface area contributed by atoms with Gasteiger partial charge >= 0.3 is 0 Å². The van der Waals surface area contributed by atoms with Crippen molar-refractivity contribution in [2.24, 2.45) is 0 Å². The summed E-state index contributed by atoms with van der Waals surface area (Å²) in [6.45, 7) is 0.953. The van der Waals surface area contributed by atoms with Crippen LogP contribution in [0.2, 0.25) is 0 Å². The van der Waals surface area contributed by atoms with Crippen LogP contribution in [0.4, 0.5) is 4.79 Å². The standard InChI is InChI=1S/C19H24N2O6S/c1-25-14-6-4-12(17(26-2)18(14)27-3)5-7-15(22)20-9-8-13(10-20)21-16(23)11-28-19(21)24/h4,6,13H,5,7-11H2,1-3H3. The Bertz CT molecular complexity index is 768. The molecule has 2 heterocycles. The van der Waals surface area contributed by atoms with Gasteiger partial charge in [0, 0.05) is 19.5 Å². The first-order valence-electron chi connectivity index (χ1n) is 9.04. The SMILES string of the molecule is COc1ccc(CCC(=O)N2CCC(N3C(=O)CSC3=O)C2)c(OC)c1OC. The lowest BCUT2D eigenvalue weighted by molar-refractivity contribution is -0.131. The Labute approximate surface area is 168 Å². The molecule has 0 bridgehead atoms. The van der Waals surface area contributed by atoms with Crippen molar-refractivity contribution in [3.63, 3.8) is 0 Å². The summed E-state index contributed by atoms with van der Waals surface area (Å²) in [5, 5.41) is -0.209. The van der Waals surface area contributed by atoms with Gasteiger partial charge in [0.1, 0.15) is 0 Å². The largest absolute Gasteiger partial charge is 0.493 e. The number of likely N-dealkylation sites (tertiary alicyclic amines) is 1. The second-order valence-corrected chi connectivity index (χ2v) is 7.52. The molecule has 0 aromatic heterocycles. The molecule has 1 aromatic carbocycles. The maximum Gasteiger partial charge on any atom is 0.289 e. The van der Waals surface area contributed by atoms with Gasteiger partial charge in [-0.3, -0.25) is 19.3 Å². The number of carbonyl (C=O) groups is 3. The fraction of sp³-hybridized carbons (Fsp3) is 0.526. The van der Waals surface area contributed by atoms with Crippen LogP contribution >= 0.6 is 11.8 Å². The summed E-state index contributed by atoms with van der Waals surface area (Å²) in [7, 11) is 4.65. The quantitative estimate of drug-likeness (QED) is 0.682. The molecule has 3 amide bonds. The van der Waals surface area contributed by atoms with Crippen LogP contribution in [0, 0.1) is 0 Å². The highest BCUT2D eigenvalue weighted by Crippen LogP contribution is 2.40. The third kappa shape index (κ3) is 3.89. The summed E-state index contributed by atoms with van der Waals surface area (Å²) in [4.78, 5) is 39.5. The molecule has 0 N–H and O–H groups in total. The number of methoxy groups -OCH3 is 3. The highest BCUT2D eigenvalue weighted by atomic mass is 32.2. The Kier molecular flexibility index (Phi) is 6.33. The molecule has 9 heteroatoms. The van der Waals surface area contributed by atoms with Crippen LogP contribution in [0.3, 0.4) is 0 Å². The van der Waals surface area contributed by atoms with Gasteiger partial charge in [-0.05, 0) is 24.5 Å². The van der Waals surface area contributed by atoms with E-state index in [0.717, 1.165) is 17.3 Å². The second kappa shape index (κ2) is 8.72. The Hall–Kier alpha value is -2.42. The maximum absolute atomic E-state index is 12.7. The van der Waals surface area contributed by atoms with E-state index in [1.54, 1.807) is 32.3 Å². The summed E-state index contributed by atoms with van der Waals surface area (Å²) >= 11 is 1.03. The molecule has 0 radical (unpaired) electrons. The highest BCUT2D eigenvalue weighted by molar-refractivity contribution is 8.14. The summed E-state index contributed by atoms with van der Waals surface area (Å²) in [5.74, 6) is 1.65. The number of amides is 3. The second-order valence-electron chi connectivity index (χ2n) is 6.59. The summed E-state index contributed by atoms with van der Waals surface area (Å²) in [6.07, 6.45) is 1.42. The first kappa shape index (κ1) is 20.3. The number of hydrogen-bond donors (Lipinski definition) is 0. The Balaban J connectivity index is 1.62. The predicted octanol–water partition coefficient (Wildman–Crippen LogP) is 1.94. The predicted molar refractivity (Wildman–Crippen MR) is 104 cm³/mol. The molecular formula is C19H24N2O6S. The zero-order valence-corrected chi connectivity index (χ0v) is 17.0. The molecule has 1 aromatic rings. The summed E-state index contributed by atoms with van der Waals surface area (Å²) in [5.41, 5.74) is 0.852. The fourth-order valence-electron chi connectivity index (χ4n) is 3.66. The molecule has 152 valence electrons. The number of thioether (sulfide) groups is 1. The number of ether oxygens (including phenoxy) is 3. The molecule has 2 fully saturated rings. The van der Waals surface area contributed by atoms with Crippen LogP contribution in [0.5, 0.6) is 17.2 Å². The van der Waals surface area contributed by atoms with E-state index in [4.69, 9.17) is 14.2 Å². The number of carbonyl (C=O) groups excluding carboxylic acids is 3. The van der Waals surface area contributed by atoms with Gasteiger partial charge in [0.25, 0.3) is 5.24 Å². The van der Waals surface area contributed by atoms with Crippen molar-refractivity contribution in [3.05, 3.63) is 17.7 Å². The molecule has 3 rings (SSSR count). The zero-order valence-electron chi connectivity index (χ0n) is 16.2. The Morgan fingerprint density at radius 3 is 2.50 bits per heavy atom. The molecule has 8 nitrogen and oxygen atoms in total. The van der Waals surface area contributed by atoms with Gasteiger partial charge in [0.15, 0.2) is 11.5 Å². The number of benzene rings is 1. The molecule has 0 saturated carbocycles. The first-order chi connectivity index (χ1) is 13.5. The summed E-state index contributed by atoms with van der Waals surface area (Å²) in [6, 6.07) is 3.43. The molecular weight excluding hydrogens is 384 g/mol. The van der Waals surface area contributed by atoms with Gasteiger partial charge in [0.2, 0.25) is 17.6 Å². The van der Waals surface area contributed by atoms with Gasteiger partial charge in [0.05, 0.1) is 33.1 Å². The Morgan fingerprint density at radius 2 is 1.89 bits per heavy atom. The molecule has 2 aliphatic rings. The number of rotatable bonds is 7. The van der Waals surface area contributed by atoms with E-state index in [2.05, 4.69) is 0 Å². The molecule has 0 aliphatic carbocycles. The number of nitrogens with zero attached hydrogens (tertiary/aromatic N) is 2. The number of aryl methyl sites for hydroxylation is 1. The van der Waals surface area contributed by atoms with Gasteiger partial charge in [-0.1, -0.05) is 17.8 Å². The van der Waals surface area contributed by atoms with Crippen molar-refractivity contribution in [1.29, 1.82) is 0 Å². The smallest absolute Gasteiger partial charge is 0.289 e. The van der Waals surface area contributed by atoms with E-state index < -0.39 is 0 Å². The van der Waals surface area contributed by atoms with Crippen LogP contribution in [-0.4, -0.2) is 73.1 Å². The molecule has 2 saturated heterocycles. The van der Waals surface area contributed by atoms with Gasteiger partial charge < -0.3 is 19.1 Å². The van der Waals surface area contributed by atoms with E-state index in [-0.39, 0.29) is 28.8 Å². The van der Waals surface area contributed by atoms with Crippen LogP contribution in [0.15, 0.2) is 12.1 Å². The number of hydrogen-bond acceptors (Lipinski definition) is 7. The van der Waals surface area contributed by atoms with Crippen LogP contribution in [0.25, 0.3) is 0 Å². The molecule has 2 aliphatic heterocycles. The van der Waals surface area contributed by atoms with E-state index in [0.29, 0.717) is 49.6 Å². The fourth-order valence-corrected chi connectivity index (χ4v) is 4.43. The minimum atomic E-state index is -0.213. The van der Waals surface area contributed by atoms with E-state index in [1.807, 2.05) is 6.07 Å². The Morgan fingerprint density at radius 1 is 1.14 bits per heavy atom. The van der Waals surface area contributed by atoms with Crippen molar-refractivity contribution < 1.29 is 28.6 Å². The lowest BCUT2D eigenvalue weighted by Crippen LogP contribution is -2.41. The van der Waals surface area contributed by atoms with E-state index in [9.17, 15) is 14.4 Å². The average molecular weight is 408 g/mol. The van der Waals surface area contributed by atoms with E-state index in [1.165, 1.54) is 4.90 Å². The lowest BCUT2D eigenvalue weighted by atomic mass is 10.1. The summed E-state index contributed by atoms with van der Waals surface area (Å²) < 4.78 is 16.1. The van der Waals surface area contributed by atoms with Gasteiger partial charge in [-0.15, -0.1) is 0 Å². The third-order valence-electron chi connectivity index (χ3n) is 5.06. The topological polar surface area (TPSA) is 85.4 Å². The van der Waals surface area contributed by atoms with Gasteiger partial charge in [-0.25, -0.2) is 0 Å².